The average molecular weight is 481 g/mol. The number of amides is 2. The fraction of sp³-hybridized carbons (Fsp3) is 0.481. The summed E-state index contributed by atoms with van der Waals surface area (Å²) in [7, 11) is 0. The van der Waals surface area contributed by atoms with E-state index in [9.17, 15) is 23.9 Å². The number of nitrogens with one attached hydrogen (secondary N) is 1. The number of nitriles is 1. The van der Waals surface area contributed by atoms with E-state index in [0.29, 0.717) is 31.1 Å². The van der Waals surface area contributed by atoms with E-state index in [1.807, 2.05) is 18.2 Å². The molecule has 2 saturated carbocycles. The molecule has 5 rings (SSSR count). The average Bonchev–Trinajstić information content (AvgIpc) is 3.43. The lowest BCUT2D eigenvalue weighted by Crippen LogP contribution is -2.48. The van der Waals surface area contributed by atoms with Crippen molar-refractivity contribution in [2.24, 2.45) is 5.92 Å². The van der Waals surface area contributed by atoms with Gasteiger partial charge in [0.1, 0.15) is 11.6 Å². The summed E-state index contributed by atoms with van der Waals surface area (Å²) in [4.78, 5) is 17.3. The number of hydrogen-bond acceptors (Lipinski definition) is 4. The fourth-order valence-electron chi connectivity index (χ4n) is 6.08. The minimum atomic E-state index is -0.738. The van der Waals surface area contributed by atoms with Crippen LogP contribution in [0.1, 0.15) is 43.2 Å². The van der Waals surface area contributed by atoms with Crippen molar-refractivity contribution in [3.63, 3.8) is 0 Å². The van der Waals surface area contributed by atoms with E-state index in [-0.39, 0.29) is 29.3 Å². The molecule has 3 fully saturated rings. The molecule has 2 aromatic carbocycles. The standard InChI is InChI=1S/C27H30F2N4O2/c28-21-12-22(29)14-23(13-21)31-26(35)33(9-8-32-7-5-25(34)17-32)24-4-6-27(15-20(27)11-24)19-3-1-2-18(10-19)16-30/h1-3,10,12-14,20,24-25,34H,4-9,11,15,17H2,(H,31,35)/t20?,24-,25-,27-/m1/s1. The van der Waals surface area contributed by atoms with Gasteiger partial charge >= 0.3 is 6.03 Å². The van der Waals surface area contributed by atoms with Crippen molar-refractivity contribution in [2.75, 3.05) is 31.5 Å². The van der Waals surface area contributed by atoms with Crippen LogP contribution in [0.25, 0.3) is 0 Å². The molecule has 0 aromatic heterocycles. The van der Waals surface area contributed by atoms with Crippen LogP contribution >= 0.6 is 0 Å². The molecule has 0 radical (unpaired) electrons. The zero-order valence-electron chi connectivity index (χ0n) is 19.6. The molecular formula is C27H30F2N4O2. The quantitative estimate of drug-likeness (QED) is 0.648. The molecule has 184 valence electrons. The van der Waals surface area contributed by atoms with E-state index in [2.05, 4.69) is 22.4 Å². The number of hydrogen-bond donors (Lipinski definition) is 2. The lowest BCUT2D eigenvalue weighted by molar-refractivity contribution is 0.142. The minimum Gasteiger partial charge on any atom is -0.392 e. The van der Waals surface area contributed by atoms with E-state index in [4.69, 9.17) is 0 Å². The monoisotopic (exact) mass is 480 g/mol. The number of likely N-dealkylation sites (tertiary alicyclic amines) is 1. The summed E-state index contributed by atoms with van der Waals surface area (Å²) in [6, 6.07) is 12.7. The number of nitrogens with zero attached hydrogens (tertiary/aromatic N) is 3. The maximum Gasteiger partial charge on any atom is 0.322 e. The third kappa shape index (κ3) is 5.02. The summed E-state index contributed by atoms with van der Waals surface area (Å²) >= 11 is 0. The first-order valence-corrected chi connectivity index (χ1v) is 12.3. The van der Waals surface area contributed by atoms with Gasteiger partial charge in [-0.25, -0.2) is 13.6 Å². The van der Waals surface area contributed by atoms with Crippen LogP contribution in [0, 0.1) is 28.9 Å². The molecule has 6 nitrogen and oxygen atoms in total. The van der Waals surface area contributed by atoms with Crippen LogP contribution in [0.3, 0.4) is 0 Å². The number of aliphatic hydroxyl groups excluding tert-OH is 1. The number of rotatable bonds is 6. The maximum absolute atomic E-state index is 13.7. The number of β-amino-alcohol motifs (C(OH)–C–C–N with tert-alkyl or cyclic N) is 1. The number of halogens is 2. The smallest absolute Gasteiger partial charge is 0.322 e. The highest BCUT2D eigenvalue weighted by atomic mass is 19.1. The summed E-state index contributed by atoms with van der Waals surface area (Å²) in [6.07, 6.45) is 4.04. The predicted molar refractivity (Wildman–Crippen MR) is 128 cm³/mol. The Labute approximate surface area is 204 Å². The molecule has 2 aromatic rings. The third-order valence-electron chi connectivity index (χ3n) is 8.00. The summed E-state index contributed by atoms with van der Waals surface area (Å²) in [5.74, 6) is -1.04. The van der Waals surface area contributed by atoms with Gasteiger partial charge < -0.3 is 15.3 Å². The second-order valence-electron chi connectivity index (χ2n) is 10.2. The largest absolute Gasteiger partial charge is 0.392 e. The maximum atomic E-state index is 13.7. The molecule has 1 saturated heterocycles. The van der Waals surface area contributed by atoms with Crippen molar-refractivity contribution in [1.82, 2.24) is 9.80 Å². The van der Waals surface area contributed by atoms with Gasteiger partial charge in [-0.2, -0.15) is 5.26 Å². The van der Waals surface area contributed by atoms with Gasteiger partial charge in [0.05, 0.1) is 17.7 Å². The Morgan fingerprint density at radius 3 is 2.71 bits per heavy atom. The van der Waals surface area contributed by atoms with E-state index in [0.717, 1.165) is 56.8 Å². The molecule has 3 aliphatic rings. The first-order valence-electron chi connectivity index (χ1n) is 12.3. The lowest BCUT2D eigenvalue weighted by Gasteiger charge is -2.37. The zero-order chi connectivity index (χ0) is 24.6. The molecule has 0 bridgehead atoms. The Kier molecular flexibility index (Phi) is 6.47. The molecule has 1 aliphatic heterocycles. The third-order valence-corrected chi connectivity index (χ3v) is 8.00. The highest BCUT2D eigenvalue weighted by Gasteiger charge is 2.58. The molecule has 0 spiro atoms. The number of aliphatic hydroxyl groups is 1. The van der Waals surface area contributed by atoms with Gasteiger partial charge in [0, 0.05) is 44.0 Å². The van der Waals surface area contributed by atoms with E-state index >= 15 is 0 Å². The van der Waals surface area contributed by atoms with Gasteiger partial charge in [-0.15, -0.1) is 0 Å². The molecule has 2 aliphatic carbocycles. The predicted octanol–water partition coefficient (Wildman–Crippen LogP) is 4.25. The summed E-state index contributed by atoms with van der Waals surface area (Å²) < 4.78 is 27.4. The normalized spacial score (nSPS) is 27.7. The van der Waals surface area contributed by atoms with E-state index in [1.54, 1.807) is 4.90 Å². The second kappa shape index (κ2) is 9.56. The lowest BCUT2D eigenvalue weighted by atomic mass is 9.80. The summed E-state index contributed by atoms with van der Waals surface area (Å²) in [6.45, 7) is 2.50. The number of carbonyl (C=O) groups excluding carboxylic acids is 1. The van der Waals surface area contributed by atoms with Crippen molar-refractivity contribution in [2.45, 2.75) is 49.7 Å². The molecule has 2 N–H and O–H groups in total. The van der Waals surface area contributed by atoms with Gasteiger partial charge in [-0.05, 0) is 73.3 Å². The Morgan fingerprint density at radius 1 is 1.23 bits per heavy atom. The molecule has 1 heterocycles. The van der Waals surface area contributed by atoms with Crippen molar-refractivity contribution in [3.05, 3.63) is 65.2 Å². The van der Waals surface area contributed by atoms with Crippen LogP contribution in [0.2, 0.25) is 0 Å². The van der Waals surface area contributed by atoms with Crippen molar-refractivity contribution >= 4 is 11.7 Å². The van der Waals surface area contributed by atoms with Crippen molar-refractivity contribution < 1.29 is 18.7 Å². The van der Waals surface area contributed by atoms with Crippen LogP contribution in [0.5, 0.6) is 0 Å². The number of carbonyl (C=O) groups is 1. The van der Waals surface area contributed by atoms with Crippen LogP contribution in [0.15, 0.2) is 42.5 Å². The van der Waals surface area contributed by atoms with Gasteiger partial charge in [-0.1, -0.05) is 12.1 Å². The summed E-state index contributed by atoms with van der Waals surface area (Å²) in [5.41, 5.74) is 2.05. The highest BCUT2D eigenvalue weighted by molar-refractivity contribution is 5.89. The molecule has 35 heavy (non-hydrogen) atoms. The Morgan fingerprint density at radius 2 is 2.03 bits per heavy atom. The molecule has 1 unspecified atom stereocenters. The number of fused-ring (bicyclic) bond motifs is 1. The van der Waals surface area contributed by atoms with Crippen LogP contribution in [-0.2, 0) is 5.41 Å². The van der Waals surface area contributed by atoms with Crippen LogP contribution in [0.4, 0.5) is 19.3 Å². The van der Waals surface area contributed by atoms with Gasteiger partial charge in [0.25, 0.3) is 0 Å². The molecule has 8 heteroatoms. The number of urea groups is 1. The highest BCUT2D eigenvalue weighted by Crippen LogP contribution is 2.62. The molecule has 2 amide bonds. The topological polar surface area (TPSA) is 79.6 Å². The summed E-state index contributed by atoms with van der Waals surface area (Å²) in [5, 5.41) is 21.8. The Hall–Kier alpha value is -3.02. The zero-order valence-corrected chi connectivity index (χ0v) is 19.6. The fourth-order valence-corrected chi connectivity index (χ4v) is 6.08. The second-order valence-corrected chi connectivity index (χ2v) is 10.2. The number of benzene rings is 2. The first-order chi connectivity index (χ1) is 16.9. The van der Waals surface area contributed by atoms with E-state index < -0.39 is 11.6 Å². The van der Waals surface area contributed by atoms with Gasteiger partial charge in [-0.3, -0.25) is 4.90 Å². The van der Waals surface area contributed by atoms with Crippen LogP contribution in [-0.4, -0.2) is 59.3 Å². The Balaban J connectivity index is 1.30. The number of anilines is 1. The van der Waals surface area contributed by atoms with Crippen molar-refractivity contribution in [1.29, 1.82) is 5.26 Å². The Bertz CT molecular complexity index is 1130. The van der Waals surface area contributed by atoms with Crippen molar-refractivity contribution in [3.8, 4) is 6.07 Å². The molecular weight excluding hydrogens is 450 g/mol. The molecule has 4 atom stereocenters. The van der Waals surface area contributed by atoms with E-state index in [1.165, 1.54) is 5.56 Å². The van der Waals surface area contributed by atoms with Crippen LogP contribution < -0.4 is 5.32 Å². The van der Waals surface area contributed by atoms with Gasteiger partial charge in [0.15, 0.2) is 0 Å². The first kappa shape index (κ1) is 23.7. The van der Waals surface area contributed by atoms with Gasteiger partial charge in [0.2, 0.25) is 0 Å². The SMILES string of the molecule is N#Cc1cccc([C@]23CC[C@@H](N(CCN4CC[C@@H](O)C4)C(=O)Nc4cc(F)cc(F)c4)CC2C3)c1. The minimum absolute atomic E-state index is 0.0145.